The number of rotatable bonds is 6. The highest BCUT2D eigenvalue weighted by Crippen LogP contribution is 2.18. The highest BCUT2D eigenvalue weighted by atomic mass is 16.2. The van der Waals surface area contributed by atoms with Gasteiger partial charge in [-0.2, -0.15) is 5.10 Å². The van der Waals surface area contributed by atoms with Gasteiger partial charge in [0.15, 0.2) is 5.65 Å². The molecular formula is C18H29N5O2. The maximum absolute atomic E-state index is 12.8. The van der Waals surface area contributed by atoms with Crippen molar-refractivity contribution in [1.82, 2.24) is 24.2 Å². The average Bonchev–Trinajstić information content (AvgIpc) is 2.96. The zero-order chi connectivity index (χ0) is 18.8. The van der Waals surface area contributed by atoms with Crippen molar-refractivity contribution in [3.8, 4) is 0 Å². The third-order valence-electron chi connectivity index (χ3n) is 4.34. The van der Waals surface area contributed by atoms with E-state index in [1.54, 1.807) is 27.3 Å². The zero-order valence-corrected chi connectivity index (χ0v) is 16.2. The van der Waals surface area contributed by atoms with Gasteiger partial charge in [0.2, 0.25) is 5.91 Å². The number of hydrogen-bond acceptors (Lipinski definition) is 4. The number of fused-ring (bicyclic) bond motifs is 1. The third kappa shape index (κ3) is 4.08. The molecule has 2 aromatic heterocycles. The molecule has 0 atom stereocenters. The lowest BCUT2D eigenvalue weighted by molar-refractivity contribution is -0.130. The lowest BCUT2D eigenvalue weighted by Crippen LogP contribution is -2.31. The lowest BCUT2D eigenvalue weighted by atomic mass is 10.1. The van der Waals surface area contributed by atoms with E-state index < -0.39 is 0 Å². The quantitative estimate of drug-likeness (QED) is 0.804. The van der Waals surface area contributed by atoms with Crippen molar-refractivity contribution in [2.75, 3.05) is 13.6 Å². The molecule has 0 fully saturated rings. The van der Waals surface area contributed by atoms with Crippen LogP contribution < -0.4 is 5.56 Å². The molecule has 0 N–H and O–H groups in total. The molecule has 138 valence electrons. The average molecular weight is 347 g/mol. The second-order valence-electron chi connectivity index (χ2n) is 7.50. The van der Waals surface area contributed by atoms with Gasteiger partial charge in [-0.25, -0.2) is 9.67 Å². The summed E-state index contributed by atoms with van der Waals surface area (Å²) in [6.45, 7) is 11.0. The van der Waals surface area contributed by atoms with Gasteiger partial charge >= 0.3 is 0 Å². The van der Waals surface area contributed by atoms with Crippen molar-refractivity contribution in [3.05, 3.63) is 22.4 Å². The molecule has 0 spiro atoms. The largest absolute Gasteiger partial charge is 0.346 e. The summed E-state index contributed by atoms with van der Waals surface area (Å²) in [6, 6.07) is 0. The first-order valence-electron chi connectivity index (χ1n) is 8.86. The maximum atomic E-state index is 12.8. The fraction of sp³-hybridized carbons (Fsp3) is 0.667. The Labute approximate surface area is 148 Å². The predicted octanol–water partition coefficient (Wildman–Crippen LogP) is 2.31. The van der Waals surface area contributed by atoms with Gasteiger partial charge < -0.3 is 4.90 Å². The van der Waals surface area contributed by atoms with Crippen LogP contribution in [0.15, 0.2) is 11.0 Å². The zero-order valence-electron chi connectivity index (χ0n) is 16.2. The molecule has 2 heterocycles. The SMILES string of the molecule is CCCCN(C)C(=O)CCn1c(C)nc2c(cnn2C(C)(C)C)c1=O. The topological polar surface area (TPSA) is 73.0 Å². The van der Waals surface area contributed by atoms with E-state index in [-0.39, 0.29) is 17.0 Å². The minimum atomic E-state index is -0.252. The van der Waals surface area contributed by atoms with Gasteiger partial charge in [0.25, 0.3) is 5.56 Å². The molecule has 7 heteroatoms. The van der Waals surface area contributed by atoms with Crippen molar-refractivity contribution in [1.29, 1.82) is 0 Å². The van der Waals surface area contributed by atoms with Crippen molar-refractivity contribution in [3.63, 3.8) is 0 Å². The summed E-state index contributed by atoms with van der Waals surface area (Å²) >= 11 is 0. The Morgan fingerprint density at radius 2 is 2.00 bits per heavy atom. The molecular weight excluding hydrogens is 318 g/mol. The molecule has 2 aromatic rings. The third-order valence-corrected chi connectivity index (χ3v) is 4.34. The molecule has 0 radical (unpaired) electrons. The Hall–Kier alpha value is -2.18. The molecule has 0 unspecified atom stereocenters. The smallest absolute Gasteiger partial charge is 0.264 e. The molecule has 0 aliphatic heterocycles. The standard InChI is InChI=1S/C18H29N5O2/c1-7-8-10-21(6)15(24)9-11-22-13(2)20-16-14(17(22)25)12-19-23(16)18(3,4)5/h12H,7-11H2,1-6H3. The van der Waals surface area contributed by atoms with Crippen LogP contribution in [-0.4, -0.2) is 43.7 Å². The molecule has 2 rings (SSSR count). The van der Waals surface area contributed by atoms with Crippen molar-refractivity contribution < 1.29 is 4.79 Å². The van der Waals surface area contributed by atoms with E-state index in [1.165, 1.54) is 0 Å². The number of nitrogens with zero attached hydrogens (tertiary/aromatic N) is 5. The molecule has 7 nitrogen and oxygen atoms in total. The van der Waals surface area contributed by atoms with Crippen molar-refractivity contribution in [2.24, 2.45) is 0 Å². The maximum Gasteiger partial charge on any atom is 0.264 e. The Bertz CT molecular complexity index is 813. The molecule has 0 saturated heterocycles. The van der Waals surface area contributed by atoms with E-state index in [4.69, 9.17) is 0 Å². The summed E-state index contributed by atoms with van der Waals surface area (Å²) in [7, 11) is 1.81. The van der Waals surface area contributed by atoms with Crippen LogP contribution in [0.1, 0.15) is 52.8 Å². The van der Waals surface area contributed by atoms with Crippen molar-refractivity contribution in [2.45, 2.75) is 66.0 Å². The summed E-state index contributed by atoms with van der Waals surface area (Å²) in [5.41, 5.74) is 0.206. The van der Waals surface area contributed by atoms with Gasteiger partial charge in [0.05, 0.1) is 11.7 Å². The monoisotopic (exact) mass is 347 g/mol. The van der Waals surface area contributed by atoms with E-state index >= 15 is 0 Å². The Morgan fingerprint density at radius 3 is 2.60 bits per heavy atom. The van der Waals surface area contributed by atoms with Crippen LogP contribution >= 0.6 is 0 Å². The van der Waals surface area contributed by atoms with Gasteiger partial charge in [-0.1, -0.05) is 13.3 Å². The van der Waals surface area contributed by atoms with Crippen LogP contribution in [0.2, 0.25) is 0 Å². The van der Waals surface area contributed by atoms with Crippen LogP contribution in [0.4, 0.5) is 0 Å². The summed E-state index contributed by atoms with van der Waals surface area (Å²) in [5, 5.41) is 4.83. The number of carbonyl (C=O) groups excluding carboxylic acids is 1. The summed E-state index contributed by atoms with van der Waals surface area (Å²) in [6.07, 6.45) is 3.90. The van der Waals surface area contributed by atoms with E-state index in [2.05, 4.69) is 17.0 Å². The molecule has 0 saturated carbocycles. The molecule has 0 aliphatic rings. The summed E-state index contributed by atoms with van der Waals surface area (Å²) < 4.78 is 3.34. The second kappa shape index (κ2) is 7.37. The number of hydrogen-bond donors (Lipinski definition) is 0. The molecule has 0 aromatic carbocycles. The van der Waals surface area contributed by atoms with E-state index in [1.807, 2.05) is 27.8 Å². The Morgan fingerprint density at radius 1 is 1.32 bits per heavy atom. The number of carbonyl (C=O) groups is 1. The van der Waals surface area contributed by atoms with Gasteiger partial charge in [0, 0.05) is 26.6 Å². The number of aromatic nitrogens is 4. The molecule has 1 amide bonds. The van der Waals surface area contributed by atoms with E-state index in [0.717, 1.165) is 19.4 Å². The van der Waals surface area contributed by atoms with Crippen LogP contribution in [0, 0.1) is 6.92 Å². The van der Waals surface area contributed by atoms with Crippen LogP contribution in [0.25, 0.3) is 11.0 Å². The summed E-state index contributed by atoms with van der Waals surface area (Å²) in [5.74, 6) is 0.651. The summed E-state index contributed by atoms with van der Waals surface area (Å²) in [4.78, 5) is 31.3. The van der Waals surface area contributed by atoms with Gasteiger partial charge in [-0.3, -0.25) is 14.2 Å². The van der Waals surface area contributed by atoms with Crippen LogP contribution in [0.5, 0.6) is 0 Å². The lowest BCUT2D eigenvalue weighted by Gasteiger charge is -2.20. The predicted molar refractivity (Wildman–Crippen MR) is 98.7 cm³/mol. The number of amides is 1. The van der Waals surface area contributed by atoms with Gasteiger partial charge in [-0.15, -0.1) is 0 Å². The van der Waals surface area contributed by atoms with Crippen LogP contribution in [-0.2, 0) is 16.9 Å². The first-order chi connectivity index (χ1) is 11.7. The fourth-order valence-corrected chi connectivity index (χ4v) is 2.78. The second-order valence-corrected chi connectivity index (χ2v) is 7.50. The van der Waals surface area contributed by atoms with Gasteiger partial charge in [-0.05, 0) is 34.1 Å². The normalized spacial score (nSPS) is 11.9. The van der Waals surface area contributed by atoms with Gasteiger partial charge in [0.1, 0.15) is 11.2 Å². The minimum Gasteiger partial charge on any atom is -0.346 e. The van der Waals surface area contributed by atoms with E-state index in [9.17, 15) is 9.59 Å². The Kier molecular flexibility index (Phi) is 5.65. The highest BCUT2D eigenvalue weighted by molar-refractivity contribution is 5.76. The fourth-order valence-electron chi connectivity index (χ4n) is 2.78. The van der Waals surface area contributed by atoms with Crippen LogP contribution in [0.3, 0.4) is 0 Å². The molecule has 0 aliphatic carbocycles. The Balaban J connectivity index is 2.26. The number of unbranched alkanes of at least 4 members (excludes halogenated alkanes) is 1. The highest BCUT2D eigenvalue weighted by Gasteiger charge is 2.21. The molecule has 0 bridgehead atoms. The molecule has 25 heavy (non-hydrogen) atoms. The van der Waals surface area contributed by atoms with Crippen molar-refractivity contribution >= 4 is 16.9 Å². The first kappa shape index (κ1) is 19.1. The minimum absolute atomic E-state index is 0.0465. The van der Waals surface area contributed by atoms with E-state index in [0.29, 0.717) is 29.8 Å². The number of aryl methyl sites for hydroxylation is 1. The first-order valence-corrected chi connectivity index (χ1v) is 8.86.